The summed E-state index contributed by atoms with van der Waals surface area (Å²) in [5.74, 6) is 0.916. The fourth-order valence-corrected chi connectivity index (χ4v) is 2.25. The number of likely N-dealkylation sites (tertiary alicyclic amines) is 1. The maximum absolute atomic E-state index is 4.72. The summed E-state index contributed by atoms with van der Waals surface area (Å²) in [4.78, 5) is 6.99. The topological polar surface area (TPSA) is 40.0 Å². The predicted octanol–water partition coefficient (Wildman–Crippen LogP) is 1.77. The zero-order valence-corrected chi connectivity index (χ0v) is 9.71. The molecular formula is C13H16N4. The molecule has 1 aromatic rings. The molecule has 1 saturated heterocycles. The molecule has 3 rings (SSSR count). The molecule has 17 heavy (non-hydrogen) atoms. The van der Waals surface area contributed by atoms with Crippen LogP contribution < -0.4 is 5.43 Å². The number of nitrogens with one attached hydrogen (secondary N) is 1. The van der Waals surface area contributed by atoms with Crippen LogP contribution in [-0.2, 0) is 0 Å². The third kappa shape index (κ3) is 2.16. The molecule has 1 aromatic carbocycles. The van der Waals surface area contributed by atoms with E-state index in [2.05, 4.69) is 27.6 Å². The summed E-state index contributed by atoms with van der Waals surface area (Å²) < 4.78 is 0. The Morgan fingerprint density at radius 3 is 2.65 bits per heavy atom. The summed E-state index contributed by atoms with van der Waals surface area (Å²) in [6.07, 6.45) is 4.36. The van der Waals surface area contributed by atoms with Crippen LogP contribution in [0.2, 0.25) is 0 Å². The van der Waals surface area contributed by atoms with E-state index in [0.717, 1.165) is 19.0 Å². The molecule has 0 amide bonds. The zero-order valence-electron chi connectivity index (χ0n) is 9.71. The summed E-state index contributed by atoms with van der Waals surface area (Å²) in [7, 11) is 0. The zero-order chi connectivity index (χ0) is 11.5. The minimum Gasteiger partial charge on any atom is -0.342 e. The number of benzene rings is 1. The van der Waals surface area contributed by atoms with E-state index >= 15 is 0 Å². The summed E-state index contributed by atoms with van der Waals surface area (Å²) in [5, 5.41) is 4.21. The number of hydrogen-bond acceptors (Lipinski definition) is 4. The molecule has 2 heterocycles. The number of guanidine groups is 1. The molecule has 0 aromatic heterocycles. The number of aliphatic imine (C=N–C) groups is 1. The van der Waals surface area contributed by atoms with Gasteiger partial charge in [-0.15, -0.1) is 0 Å². The van der Waals surface area contributed by atoms with Gasteiger partial charge in [-0.25, -0.2) is 10.4 Å². The molecular weight excluding hydrogens is 212 g/mol. The molecule has 0 unspecified atom stereocenters. The van der Waals surface area contributed by atoms with Crippen LogP contribution in [0.1, 0.15) is 24.4 Å². The second-order valence-electron chi connectivity index (χ2n) is 4.39. The van der Waals surface area contributed by atoms with Crippen LogP contribution in [-0.4, -0.2) is 30.2 Å². The average Bonchev–Trinajstić information content (AvgIpc) is 2.94. The summed E-state index contributed by atoms with van der Waals surface area (Å²) in [6.45, 7) is 2.17. The highest BCUT2D eigenvalue weighted by atomic mass is 15.4. The van der Waals surface area contributed by atoms with Gasteiger partial charge in [0, 0.05) is 13.1 Å². The number of hydrogen-bond donors (Lipinski definition) is 1. The van der Waals surface area contributed by atoms with Crippen LogP contribution in [0.15, 0.2) is 40.4 Å². The highest BCUT2D eigenvalue weighted by Crippen LogP contribution is 2.18. The Morgan fingerprint density at radius 2 is 1.88 bits per heavy atom. The van der Waals surface area contributed by atoms with Gasteiger partial charge in [-0.2, -0.15) is 5.10 Å². The minimum atomic E-state index is 0.0491. The second-order valence-corrected chi connectivity index (χ2v) is 4.39. The van der Waals surface area contributed by atoms with Crippen molar-refractivity contribution in [1.29, 1.82) is 0 Å². The molecule has 0 aliphatic carbocycles. The van der Waals surface area contributed by atoms with Gasteiger partial charge in [0.05, 0.1) is 6.21 Å². The van der Waals surface area contributed by atoms with Crippen molar-refractivity contribution < 1.29 is 0 Å². The first-order chi connectivity index (χ1) is 8.43. The number of hydrazone groups is 1. The standard InChI is InChI=1S/C13H16N4/c1-2-6-11(7-3-1)12-10-14-16-13(15-12)17-8-4-5-9-17/h1-3,6-7,10,12H,4-5,8-9H2,(H,15,16)/t12-/m0/s1. The lowest BCUT2D eigenvalue weighted by atomic mass is 10.1. The van der Waals surface area contributed by atoms with Crippen molar-refractivity contribution in [2.45, 2.75) is 18.9 Å². The fraction of sp³-hybridized carbons (Fsp3) is 0.385. The van der Waals surface area contributed by atoms with Crippen LogP contribution in [0, 0.1) is 0 Å². The Labute approximate surface area is 101 Å². The SMILES string of the molecule is C1=NNC(N2CCCC2)=N[C@@H]1c1ccccc1. The molecule has 88 valence electrons. The summed E-state index contributed by atoms with van der Waals surface area (Å²) in [5.41, 5.74) is 4.20. The van der Waals surface area contributed by atoms with Crippen molar-refractivity contribution in [3.05, 3.63) is 35.9 Å². The summed E-state index contributed by atoms with van der Waals surface area (Å²) >= 11 is 0. The molecule has 0 saturated carbocycles. The lowest BCUT2D eigenvalue weighted by Crippen LogP contribution is -2.39. The smallest absolute Gasteiger partial charge is 0.215 e. The molecule has 0 spiro atoms. The van der Waals surface area contributed by atoms with Gasteiger partial charge in [0.25, 0.3) is 0 Å². The largest absolute Gasteiger partial charge is 0.342 e. The Kier molecular flexibility index (Phi) is 2.78. The van der Waals surface area contributed by atoms with Crippen molar-refractivity contribution in [2.24, 2.45) is 10.1 Å². The van der Waals surface area contributed by atoms with E-state index in [0.29, 0.717) is 0 Å². The van der Waals surface area contributed by atoms with Crippen molar-refractivity contribution in [3.8, 4) is 0 Å². The first-order valence-electron chi connectivity index (χ1n) is 6.10. The lowest BCUT2D eigenvalue weighted by Gasteiger charge is -2.23. The van der Waals surface area contributed by atoms with Crippen LogP contribution >= 0.6 is 0 Å². The second kappa shape index (κ2) is 4.57. The molecule has 1 N–H and O–H groups in total. The van der Waals surface area contributed by atoms with E-state index in [9.17, 15) is 0 Å². The highest BCUT2D eigenvalue weighted by molar-refractivity contribution is 5.86. The van der Waals surface area contributed by atoms with Crippen molar-refractivity contribution in [2.75, 3.05) is 13.1 Å². The average molecular weight is 228 g/mol. The van der Waals surface area contributed by atoms with Crippen LogP contribution in [0.25, 0.3) is 0 Å². The van der Waals surface area contributed by atoms with Crippen molar-refractivity contribution in [3.63, 3.8) is 0 Å². The molecule has 1 atom stereocenters. The van der Waals surface area contributed by atoms with Crippen LogP contribution in [0.4, 0.5) is 0 Å². The van der Waals surface area contributed by atoms with Gasteiger partial charge in [-0.1, -0.05) is 30.3 Å². The molecule has 0 radical (unpaired) electrons. The molecule has 0 bridgehead atoms. The van der Waals surface area contributed by atoms with E-state index in [1.165, 1.54) is 18.4 Å². The van der Waals surface area contributed by atoms with Crippen molar-refractivity contribution >= 4 is 12.2 Å². The molecule has 4 heteroatoms. The van der Waals surface area contributed by atoms with Gasteiger partial charge >= 0.3 is 0 Å². The maximum atomic E-state index is 4.72. The quantitative estimate of drug-likeness (QED) is 0.795. The van der Waals surface area contributed by atoms with Crippen molar-refractivity contribution in [1.82, 2.24) is 10.3 Å². The third-order valence-corrected chi connectivity index (χ3v) is 3.19. The van der Waals surface area contributed by atoms with Gasteiger partial charge in [-0.05, 0) is 18.4 Å². The normalized spacial score (nSPS) is 23.4. The molecule has 2 aliphatic rings. The first kappa shape index (κ1) is 10.3. The monoisotopic (exact) mass is 228 g/mol. The Bertz CT molecular complexity index is 432. The fourth-order valence-electron chi connectivity index (χ4n) is 2.25. The minimum absolute atomic E-state index is 0.0491. The van der Waals surface area contributed by atoms with Gasteiger partial charge < -0.3 is 4.90 Å². The van der Waals surface area contributed by atoms with Gasteiger partial charge in [0.1, 0.15) is 6.04 Å². The van der Waals surface area contributed by atoms with E-state index in [1.807, 2.05) is 24.4 Å². The Hall–Kier alpha value is -1.84. The summed E-state index contributed by atoms with van der Waals surface area (Å²) in [6, 6.07) is 10.3. The van der Waals surface area contributed by atoms with E-state index < -0.39 is 0 Å². The van der Waals surface area contributed by atoms with E-state index in [1.54, 1.807) is 0 Å². The molecule has 2 aliphatic heterocycles. The lowest BCUT2D eigenvalue weighted by molar-refractivity contribution is 0.490. The number of nitrogens with zero attached hydrogens (tertiary/aromatic N) is 3. The van der Waals surface area contributed by atoms with Crippen LogP contribution in [0.3, 0.4) is 0 Å². The molecule has 1 fully saturated rings. The molecule has 4 nitrogen and oxygen atoms in total. The third-order valence-electron chi connectivity index (χ3n) is 3.19. The van der Waals surface area contributed by atoms with E-state index in [4.69, 9.17) is 4.99 Å². The van der Waals surface area contributed by atoms with Gasteiger partial charge in [0.2, 0.25) is 5.96 Å². The highest BCUT2D eigenvalue weighted by Gasteiger charge is 2.20. The Balaban J connectivity index is 1.81. The first-order valence-corrected chi connectivity index (χ1v) is 6.10. The maximum Gasteiger partial charge on any atom is 0.215 e. The number of rotatable bonds is 1. The van der Waals surface area contributed by atoms with Gasteiger partial charge in [0.15, 0.2) is 0 Å². The van der Waals surface area contributed by atoms with E-state index in [-0.39, 0.29) is 6.04 Å². The predicted molar refractivity (Wildman–Crippen MR) is 69.1 cm³/mol. The Morgan fingerprint density at radius 1 is 1.12 bits per heavy atom. The van der Waals surface area contributed by atoms with Gasteiger partial charge in [-0.3, -0.25) is 0 Å². The van der Waals surface area contributed by atoms with Crippen LogP contribution in [0.5, 0.6) is 0 Å².